The molecule has 0 amide bonds. The highest BCUT2D eigenvalue weighted by molar-refractivity contribution is 7.84. The number of nitrogens with zero attached hydrogens (tertiary/aromatic N) is 1. The second-order valence-corrected chi connectivity index (χ2v) is 8.98. The smallest absolute Gasteiger partial charge is 0.341 e. The summed E-state index contributed by atoms with van der Waals surface area (Å²) in [4.78, 5) is 13.4. The van der Waals surface area contributed by atoms with Crippen LogP contribution in [0.25, 0.3) is 10.9 Å². The van der Waals surface area contributed by atoms with Gasteiger partial charge in [-0.2, -0.15) is 0 Å². The predicted octanol–water partition coefficient (Wildman–Crippen LogP) is 4.29. The van der Waals surface area contributed by atoms with Crippen molar-refractivity contribution in [3.8, 4) is 5.75 Å². The second kappa shape index (κ2) is 7.39. The number of phenolic OH excluding ortho intramolecular Hbond substituents is 1. The predicted molar refractivity (Wildman–Crippen MR) is 106 cm³/mol. The maximum Gasteiger partial charge on any atom is 0.341 e. The standard InChI is InChI=1S/C21H22FNO4S/c1-21(2,3)27-20(25)19-16-11-14(24)7-10-17(16)23(4)18(19)12-28(26)15-8-5-13(22)6-9-15/h5-11,24H,12H2,1-4H3. The maximum absolute atomic E-state index is 13.2. The van der Waals surface area contributed by atoms with Gasteiger partial charge in [0.05, 0.1) is 22.1 Å². The Balaban J connectivity index is 2.11. The molecule has 2 aromatic carbocycles. The molecule has 0 saturated heterocycles. The molecular formula is C21H22FNO4S. The summed E-state index contributed by atoms with van der Waals surface area (Å²) in [6.45, 7) is 5.30. The fourth-order valence-electron chi connectivity index (χ4n) is 3.01. The molecule has 1 aromatic heterocycles. The van der Waals surface area contributed by atoms with E-state index in [2.05, 4.69) is 0 Å². The van der Waals surface area contributed by atoms with Gasteiger partial charge < -0.3 is 14.4 Å². The molecule has 1 N–H and O–H groups in total. The number of aromatic hydroxyl groups is 1. The lowest BCUT2D eigenvalue weighted by molar-refractivity contribution is 0.00707. The first-order chi connectivity index (χ1) is 13.1. The molecule has 0 bridgehead atoms. The molecule has 5 nitrogen and oxygen atoms in total. The fraction of sp³-hybridized carbons (Fsp3) is 0.286. The van der Waals surface area contributed by atoms with Crippen molar-refractivity contribution in [3.63, 3.8) is 0 Å². The summed E-state index contributed by atoms with van der Waals surface area (Å²) in [5.74, 6) is -0.884. The van der Waals surface area contributed by atoms with Crippen molar-refractivity contribution in [2.24, 2.45) is 7.05 Å². The number of fused-ring (bicyclic) bond motifs is 1. The topological polar surface area (TPSA) is 68.5 Å². The van der Waals surface area contributed by atoms with Crippen molar-refractivity contribution in [1.29, 1.82) is 0 Å². The summed E-state index contributed by atoms with van der Waals surface area (Å²) in [6, 6.07) is 10.2. The van der Waals surface area contributed by atoms with Gasteiger partial charge in [0.1, 0.15) is 17.2 Å². The van der Waals surface area contributed by atoms with Crippen LogP contribution in [0.5, 0.6) is 5.75 Å². The highest BCUT2D eigenvalue weighted by Gasteiger charge is 2.27. The largest absolute Gasteiger partial charge is 0.508 e. The number of phenols is 1. The Bertz CT molecular complexity index is 1060. The molecular weight excluding hydrogens is 381 g/mol. The number of ether oxygens (including phenoxy) is 1. The number of carbonyl (C=O) groups excluding carboxylic acids is 1. The molecule has 28 heavy (non-hydrogen) atoms. The minimum atomic E-state index is -1.49. The zero-order valence-electron chi connectivity index (χ0n) is 16.2. The van der Waals surface area contributed by atoms with E-state index in [1.54, 1.807) is 38.5 Å². The van der Waals surface area contributed by atoms with E-state index in [0.717, 1.165) is 0 Å². The summed E-state index contributed by atoms with van der Waals surface area (Å²) in [6.07, 6.45) is 0. The molecule has 0 aliphatic heterocycles. The van der Waals surface area contributed by atoms with Crippen molar-refractivity contribution >= 4 is 27.7 Å². The molecule has 1 atom stereocenters. The first-order valence-corrected chi connectivity index (χ1v) is 10.1. The molecule has 0 saturated carbocycles. The normalized spacial score (nSPS) is 12.9. The second-order valence-electron chi connectivity index (χ2n) is 7.53. The molecule has 148 valence electrons. The van der Waals surface area contributed by atoms with Gasteiger partial charge in [-0.25, -0.2) is 9.18 Å². The molecule has 0 aliphatic rings. The lowest BCUT2D eigenvalue weighted by atomic mass is 10.1. The molecule has 0 radical (unpaired) electrons. The zero-order valence-corrected chi connectivity index (χ0v) is 17.0. The van der Waals surface area contributed by atoms with Gasteiger partial charge in [-0.05, 0) is 63.2 Å². The minimum absolute atomic E-state index is 0.0223. The molecule has 0 aliphatic carbocycles. The number of hydrogen-bond acceptors (Lipinski definition) is 4. The van der Waals surface area contributed by atoms with E-state index in [4.69, 9.17) is 4.74 Å². The maximum atomic E-state index is 13.2. The fourth-order valence-corrected chi connectivity index (χ4v) is 4.20. The van der Waals surface area contributed by atoms with Crippen LogP contribution in [-0.2, 0) is 28.3 Å². The molecule has 3 rings (SSSR count). The Labute approximate surface area is 165 Å². The highest BCUT2D eigenvalue weighted by atomic mass is 32.2. The van der Waals surface area contributed by atoms with Crippen LogP contribution in [0.2, 0.25) is 0 Å². The van der Waals surface area contributed by atoms with Crippen molar-refractivity contribution in [2.45, 2.75) is 37.0 Å². The number of aryl methyl sites for hydroxylation is 1. The third-order valence-electron chi connectivity index (χ3n) is 4.25. The van der Waals surface area contributed by atoms with Crippen LogP contribution < -0.4 is 0 Å². The summed E-state index contributed by atoms with van der Waals surface area (Å²) in [5, 5.41) is 10.4. The number of rotatable bonds is 4. The molecule has 0 fully saturated rings. The molecule has 0 spiro atoms. The summed E-state index contributed by atoms with van der Waals surface area (Å²) < 4.78 is 33.3. The van der Waals surface area contributed by atoms with Crippen LogP contribution >= 0.6 is 0 Å². The van der Waals surface area contributed by atoms with Gasteiger partial charge in [0, 0.05) is 28.5 Å². The first kappa shape index (κ1) is 20.1. The van der Waals surface area contributed by atoms with Gasteiger partial charge in [-0.3, -0.25) is 4.21 Å². The van der Waals surface area contributed by atoms with Gasteiger partial charge in [-0.1, -0.05) is 0 Å². The third-order valence-corrected chi connectivity index (χ3v) is 5.59. The lowest BCUT2D eigenvalue weighted by Crippen LogP contribution is -2.24. The quantitative estimate of drug-likeness (QED) is 0.660. The lowest BCUT2D eigenvalue weighted by Gasteiger charge is -2.20. The number of esters is 1. The molecule has 7 heteroatoms. The third kappa shape index (κ3) is 4.09. The summed E-state index contributed by atoms with van der Waals surface area (Å²) in [7, 11) is 0.276. The Kier molecular flexibility index (Phi) is 5.30. The summed E-state index contributed by atoms with van der Waals surface area (Å²) >= 11 is 0. The Morgan fingerprint density at radius 1 is 1.18 bits per heavy atom. The SMILES string of the molecule is Cn1c(CS(=O)c2ccc(F)cc2)c(C(=O)OC(C)(C)C)c2cc(O)ccc21. The van der Waals surface area contributed by atoms with E-state index in [-0.39, 0.29) is 17.1 Å². The van der Waals surface area contributed by atoms with Gasteiger partial charge in [0.15, 0.2) is 0 Å². The van der Waals surface area contributed by atoms with Gasteiger partial charge in [-0.15, -0.1) is 0 Å². The van der Waals surface area contributed by atoms with E-state index in [0.29, 0.717) is 21.5 Å². The first-order valence-electron chi connectivity index (χ1n) is 8.74. The average molecular weight is 403 g/mol. The number of carbonyl (C=O) groups is 1. The number of halogens is 1. The Hall–Kier alpha value is -2.67. The van der Waals surface area contributed by atoms with Gasteiger partial charge in [0.2, 0.25) is 0 Å². The number of aromatic nitrogens is 1. The van der Waals surface area contributed by atoms with Crippen molar-refractivity contribution in [3.05, 3.63) is 59.5 Å². The van der Waals surface area contributed by atoms with Crippen molar-refractivity contribution < 1.29 is 23.2 Å². The number of hydrogen-bond donors (Lipinski definition) is 1. The van der Waals surface area contributed by atoms with Crippen molar-refractivity contribution in [1.82, 2.24) is 4.57 Å². The molecule has 1 unspecified atom stereocenters. The van der Waals surface area contributed by atoms with Crippen LogP contribution in [-0.4, -0.2) is 25.5 Å². The van der Waals surface area contributed by atoms with E-state index < -0.39 is 28.2 Å². The van der Waals surface area contributed by atoms with E-state index in [9.17, 15) is 18.5 Å². The Morgan fingerprint density at radius 3 is 2.43 bits per heavy atom. The average Bonchev–Trinajstić information content (AvgIpc) is 2.85. The van der Waals surface area contributed by atoms with Crippen LogP contribution in [0.4, 0.5) is 4.39 Å². The van der Waals surface area contributed by atoms with Crippen molar-refractivity contribution in [2.75, 3.05) is 0 Å². The summed E-state index contributed by atoms with van der Waals surface area (Å²) in [5.41, 5.74) is 0.810. The minimum Gasteiger partial charge on any atom is -0.508 e. The Morgan fingerprint density at radius 2 is 1.82 bits per heavy atom. The van der Waals surface area contributed by atoms with Gasteiger partial charge in [0.25, 0.3) is 0 Å². The van der Waals surface area contributed by atoms with Crippen LogP contribution in [0.15, 0.2) is 47.4 Å². The van der Waals surface area contributed by atoms with E-state index in [1.807, 2.05) is 0 Å². The van der Waals surface area contributed by atoms with Gasteiger partial charge >= 0.3 is 5.97 Å². The zero-order chi connectivity index (χ0) is 20.6. The highest BCUT2D eigenvalue weighted by Crippen LogP contribution is 2.31. The van der Waals surface area contributed by atoms with Crippen LogP contribution in [0.1, 0.15) is 36.8 Å². The van der Waals surface area contributed by atoms with E-state index in [1.165, 1.54) is 36.4 Å². The number of benzene rings is 2. The molecule has 3 aromatic rings. The monoisotopic (exact) mass is 403 g/mol. The van der Waals surface area contributed by atoms with Crippen LogP contribution in [0.3, 0.4) is 0 Å². The molecule has 1 heterocycles. The van der Waals surface area contributed by atoms with Crippen LogP contribution in [0, 0.1) is 5.82 Å². The van der Waals surface area contributed by atoms with E-state index >= 15 is 0 Å².